The van der Waals surface area contributed by atoms with Crippen LogP contribution in [0.15, 0.2) is 70.0 Å². The zero-order chi connectivity index (χ0) is 25.4. The van der Waals surface area contributed by atoms with Crippen molar-refractivity contribution in [1.82, 2.24) is 34.6 Å². The average Bonchev–Trinajstić information content (AvgIpc) is 3.51. The predicted molar refractivity (Wildman–Crippen MR) is 141 cm³/mol. The van der Waals surface area contributed by atoms with Crippen LogP contribution in [0.1, 0.15) is 29.9 Å². The fourth-order valence-corrected chi connectivity index (χ4v) is 5.47. The number of benzene rings is 2. The van der Waals surface area contributed by atoms with Crippen LogP contribution in [0.25, 0.3) is 11.4 Å². The Bertz CT molecular complexity index is 1390. The largest absolute Gasteiger partial charge is 0.335 e. The Kier molecular flexibility index (Phi) is 7.05. The fourth-order valence-electron chi connectivity index (χ4n) is 4.55. The number of amides is 1. The van der Waals surface area contributed by atoms with Gasteiger partial charge in [-0.1, -0.05) is 27.2 Å². The van der Waals surface area contributed by atoms with Crippen LogP contribution in [0.5, 0.6) is 0 Å². The van der Waals surface area contributed by atoms with Crippen molar-refractivity contribution in [2.24, 2.45) is 0 Å². The second kappa shape index (κ2) is 10.2. The third kappa shape index (κ3) is 5.14. The molecule has 1 saturated heterocycles. The summed E-state index contributed by atoms with van der Waals surface area (Å²) in [5, 5.41) is 12.9. The van der Waals surface area contributed by atoms with Gasteiger partial charge in [-0.3, -0.25) is 9.69 Å². The number of carbonyl (C=O) groups is 1. The first kappa shape index (κ1) is 24.8. The van der Waals surface area contributed by atoms with Crippen molar-refractivity contribution in [3.63, 3.8) is 0 Å². The van der Waals surface area contributed by atoms with Crippen molar-refractivity contribution in [1.29, 1.82) is 0 Å². The van der Waals surface area contributed by atoms with E-state index in [1.54, 1.807) is 27.8 Å². The molecule has 4 aromatic rings. The molecule has 1 aliphatic heterocycles. The molecule has 0 N–H and O–H groups in total. The highest BCUT2D eigenvalue weighted by atomic mass is 79.9. The lowest BCUT2D eigenvalue weighted by Gasteiger charge is -2.44. The van der Waals surface area contributed by atoms with Crippen LogP contribution in [0.2, 0.25) is 0 Å². The zero-order valence-electron chi connectivity index (χ0n) is 19.7. The normalized spacial score (nSPS) is 18.5. The van der Waals surface area contributed by atoms with E-state index in [1.807, 2.05) is 35.4 Å². The van der Waals surface area contributed by atoms with Crippen LogP contribution in [-0.4, -0.2) is 65.7 Å². The molecule has 0 saturated carbocycles. The molecular formula is C25H24Br2FN7O. The molecule has 0 radical (unpaired) electrons. The van der Waals surface area contributed by atoms with E-state index in [4.69, 9.17) is 0 Å². The average molecular weight is 617 g/mol. The molecule has 0 aliphatic carbocycles. The van der Waals surface area contributed by atoms with Gasteiger partial charge in [0.2, 0.25) is 0 Å². The number of hydrogen-bond acceptors (Lipinski definition) is 5. The topological polar surface area (TPSA) is 72.1 Å². The number of hydrogen-bond donors (Lipinski definition) is 0. The highest BCUT2D eigenvalue weighted by molar-refractivity contribution is 9.10. The van der Waals surface area contributed by atoms with Gasteiger partial charge in [0.1, 0.15) is 5.82 Å². The smallest absolute Gasteiger partial charge is 0.257 e. The molecule has 8 nitrogen and oxygen atoms in total. The lowest BCUT2D eigenvalue weighted by Crippen LogP contribution is -2.57. The Labute approximate surface area is 225 Å². The van der Waals surface area contributed by atoms with Crippen molar-refractivity contribution in [2.75, 3.05) is 13.1 Å². The zero-order valence-corrected chi connectivity index (χ0v) is 22.9. The Morgan fingerprint density at radius 3 is 2.56 bits per heavy atom. The second-order valence-corrected chi connectivity index (χ2v) is 10.8. The second-order valence-electron chi connectivity index (χ2n) is 8.98. The summed E-state index contributed by atoms with van der Waals surface area (Å²) in [4.78, 5) is 17.5. The summed E-state index contributed by atoms with van der Waals surface area (Å²) in [6.45, 7) is 6.03. The van der Waals surface area contributed by atoms with Crippen molar-refractivity contribution in [2.45, 2.75) is 32.5 Å². The third-order valence-electron chi connectivity index (χ3n) is 6.33. The summed E-state index contributed by atoms with van der Waals surface area (Å²) in [5.74, 6) is -0.344. The van der Waals surface area contributed by atoms with E-state index < -0.39 is 0 Å². The van der Waals surface area contributed by atoms with Gasteiger partial charge in [0.25, 0.3) is 5.91 Å². The molecule has 36 heavy (non-hydrogen) atoms. The van der Waals surface area contributed by atoms with E-state index in [0.717, 1.165) is 21.5 Å². The van der Waals surface area contributed by atoms with E-state index in [0.29, 0.717) is 29.7 Å². The molecule has 0 bridgehead atoms. The first-order valence-electron chi connectivity index (χ1n) is 11.5. The fraction of sp³-hybridized carbons (Fsp3) is 0.280. The number of aromatic nitrogens is 5. The van der Waals surface area contributed by atoms with E-state index in [1.165, 1.54) is 12.1 Å². The van der Waals surface area contributed by atoms with Crippen molar-refractivity contribution in [3.05, 3.63) is 87.1 Å². The molecule has 1 amide bonds. The van der Waals surface area contributed by atoms with Crippen molar-refractivity contribution < 1.29 is 9.18 Å². The van der Waals surface area contributed by atoms with E-state index in [2.05, 4.69) is 66.0 Å². The van der Waals surface area contributed by atoms with Gasteiger partial charge in [0.05, 0.1) is 35.0 Å². The summed E-state index contributed by atoms with van der Waals surface area (Å²) in [7, 11) is 0. The quantitative estimate of drug-likeness (QED) is 0.321. The Balaban J connectivity index is 1.25. The minimum atomic E-state index is -0.318. The lowest BCUT2D eigenvalue weighted by atomic mass is 10.1. The lowest BCUT2D eigenvalue weighted by molar-refractivity contribution is 0.0264. The summed E-state index contributed by atoms with van der Waals surface area (Å²) in [6.07, 6.45) is 5.25. The Morgan fingerprint density at radius 2 is 1.83 bits per heavy atom. The number of nitrogens with zero attached hydrogens (tertiary/aromatic N) is 7. The maximum atomic E-state index is 13.4. The van der Waals surface area contributed by atoms with Gasteiger partial charge in [-0.25, -0.2) is 13.8 Å². The molecule has 3 heterocycles. The van der Waals surface area contributed by atoms with E-state index in [9.17, 15) is 9.18 Å². The predicted octanol–water partition coefficient (Wildman–Crippen LogP) is 4.85. The van der Waals surface area contributed by atoms with Crippen LogP contribution < -0.4 is 0 Å². The summed E-state index contributed by atoms with van der Waals surface area (Å²) >= 11 is 6.86. The molecule has 186 valence electrons. The van der Waals surface area contributed by atoms with Crippen molar-refractivity contribution >= 4 is 37.8 Å². The number of carbonyl (C=O) groups excluding carboxylic acids is 1. The SMILES string of the molecule is C[C@@H]1CN(C(=O)c2cnn(-c3cccc(Br)c3)c2)C[C@H](C)N1Cc1cn(-c2ccc(F)cc2Br)nn1. The molecule has 5 rings (SSSR count). The van der Waals surface area contributed by atoms with Gasteiger partial charge in [0, 0.05) is 46.9 Å². The standard InChI is InChI=1S/C25H24Br2FN7O/c1-16-11-32(25(36)18-10-29-34(13-18)22-5-3-4-19(26)8-22)12-17(2)33(16)14-21-15-35(31-30-21)24-7-6-20(28)9-23(24)27/h3-10,13,15-17H,11-12,14H2,1-2H3/t16-,17+. The van der Waals surface area contributed by atoms with Gasteiger partial charge in [0.15, 0.2) is 0 Å². The van der Waals surface area contributed by atoms with E-state index in [-0.39, 0.29) is 23.8 Å². The van der Waals surface area contributed by atoms with E-state index >= 15 is 0 Å². The first-order chi connectivity index (χ1) is 17.3. The number of halogens is 3. The molecule has 1 fully saturated rings. The summed E-state index contributed by atoms with van der Waals surface area (Å²) in [6, 6.07) is 12.5. The minimum Gasteiger partial charge on any atom is -0.335 e. The first-order valence-corrected chi connectivity index (χ1v) is 13.1. The van der Waals surface area contributed by atoms with Crippen molar-refractivity contribution in [3.8, 4) is 11.4 Å². The Morgan fingerprint density at radius 1 is 1.06 bits per heavy atom. The summed E-state index contributed by atoms with van der Waals surface area (Å²) in [5.41, 5.74) is 2.97. The Hall–Kier alpha value is -2.89. The van der Waals surface area contributed by atoms with Crippen LogP contribution >= 0.6 is 31.9 Å². The number of piperazine rings is 1. The van der Waals surface area contributed by atoms with Crippen LogP contribution in [0, 0.1) is 5.82 Å². The molecule has 1 aliphatic rings. The maximum Gasteiger partial charge on any atom is 0.257 e. The highest BCUT2D eigenvalue weighted by Gasteiger charge is 2.33. The monoisotopic (exact) mass is 615 g/mol. The van der Waals surface area contributed by atoms with Crippen LogP contribution in [0.4, 0.5) is 4.39 Å². The van der Waals surface area contributed by atoms with Gasteiger partial charge in [-0.05, 0) is 66.2 Å². The van der Waals surface area contributed by atoms with Crippen LogP contribution in [0.3, 0.4) is 0 Å². The molecule has 0 unspecified atom stereocenters. The highest BCUT2D eigenvalue weighted by Crippen LogP contribution is 2.24. The van der Waals surface area contributed by atoms with Gasteiger partial charge < -0.3 is 4.90 Å². The third-order valence-corrected chi connectivity index (χ3v) is 7.46. The molecule has 11 heteroatoms. The molecule has 2 atom stereocenters. The van der Waals surface area contributed by atoms with Gasteiger partial charge in [-0.15, -0.1) is 5.10 Å². The van der Waals surface area contributed by atoms with Crippen LogP contribution in [-0.2, 0) is 6.54 Å². The molecular weight excluding hydrogens is 593 g/mol. The molecule has 0 spiro atoms. The van der Waals surface area contributed by atoms with Gasteiger partial charge >= 0.3 is 0 Å². The number of rotatable bonds is 5. The molecule has 2 aromatic heterocycles. The molecule has 2 aromatic carbocycles. The summed E-state index contributed by atoms with van der Waals surface area (Å²) < 4.78 is 18.3. The maximum absolute atomic E-state index is 13.4. The minimum absolute atomic E-state index is 0.0262. The van der Waals surface area contributed by atoms with Gasteiger partial charge in [-0.2, -0.15) is 5.10 Å².